The smallest absolute Gasteiger partial charge is 0.305 e. The fourth-order valence-electron chi connectivity index (χ4n) is 5.31. The Hall–Kier alpha value is -2.19. The second-order valence-electron chi connectivity index (χ2n) is 7.77. The highest BCUT2D eigenvalue weighted by Gasteiger charge is 2.89. The van der Waals surface area contributed by atoms with Crippen LogP contribution in [0.3, 0.4) is 0 Å². The van der Waals surface area contributed by atoms with Crippen LogP contribution in [0.5, 0.6) is 0 Å². The summed E-state index contributed by atoms with van der Waals surface area (Å²) in [4.78, 5) is 19.2. The number of aromatic nitrogens is 2. The van der Waals surface area contributed by atoms with E-state index in [1.807, 2.05) is 26.2 Å². The zero-order valence-electron chi connectivity index (χ0n) is 14.3. The summed E-state index contributed by atoms with van der Waals surface area (Å²) in [5.41, 5.74) is 2.18. The molecular weight excluding hydrogens is 322 g/mol. The molecule has 3 aliphatic heterocycles. The van der Waals surface area contributed by atoms with Crippen LogP contribution in [0, 0.1) is 12.8 Å². The van der Waals surface area contributed by atoms with E-state index in [0.29, 0.717) is 35.8 Å². The number of fused-ring (bicyclic) bond motifs is 2. The molecule has 1 saturated carbocycles. The Morgan fingerprint density at radius 1 is 1.36 bits per heavy atom. The lowest BCUT2D eigenvalue weighted by Crippen LogP contribution is -2.65. The molecule has 8 heteroatoms. The second-order valence-corrected chi connectivity index (χ2v) is 7.77. The van der Waals surface area contributed by atoms with Gasteiger partial charge < -0.3 is 9.15 Å². The molecule has 0 amide bonds. The van der Waals surface area contributed by atoms with E-state index in [9.17, 15) is 0 Å². The summed E-state index contributed by atoms with van der Waals surface area (Å²) in [5, 5.41) is 3.08. The van der Waals surface area contributed by atoms with Crippen molar-refractivity contribution in [1.29, 1.82) is 0 Å². The SMILES string of the molecule is CO[N+]12CCC13CC3C1(CN=C(Nc3nc4ccc(C)nc4o3)O1)C2. The first kappa shape index (κ1) is 14.0. The molecule has 4 aliphatic rings. The normalized spacial score (nSPS) is 40.4. The summed E-state index contributed by atoms with van der Waals surface area (Å²) in [5.74, 6) is 0.532. The highest BCUT2D eigenvalue weighted by molar-refractivity contribution is 5.89. The van der Waals surface area contributed by atoms with Crippen LogP contribution in [-0.2, 0) is 9.57 Å². The van der Waals surface area contributed by atoms with Crippen LogP contribution in [-0.4, -0.2) is 58.5 Å². The van der Waals surface area contributed by atoms with E-state index < -0.39 is 0 Å². The van der Waals surface area contributed by atoms with Gasteiger partial charge in [0.15, 0.2) is 12.1 Å². The van der Waals surface area contributed by atoms with Crippen LogP contribution in [0.4, 0.5) is 6.01 Å². The number of anilines is 1. The Labute approximate surface area is 144 Å². The molecule has 1 N–H and O–H groups in total. The van der Waals surface area contributed by atoms with Crippen molar-refractivity contribution in [3.05, 3.63) is 17.8 Å². The number of hydrogen-bond donors (Lipinski definition) is 1. The van der Waals surface area contributed by atoms with Gasteiger partial charge >= 0.3 is 6.01 Å². The molecule has 4 unspecified atom stereocenters. The van der Waals surface area contributed by atoms with Gasteiger partial charge in [0.25, 0.3) is 6.02 Å². The van der Waals surface area contributed by atoms with Crippen LogP contribution in [0.15, 0.2) is 21.5 Å². The molecule has 8 nitrogen and oxygen atoms in total. The van der Waals surface area contributed by atoms with Crippen LogP contribution in [0.1, 0.15) is 18.5 Å². The molecule has 5 heterocycles. The summed E-state index contributed by atoms with van der Waals surface area (Å²) < 4.78 is 12.7. The van der Waals surface area contributed by atoms with Gasteiger partial charge in [0, 0.05) is 12.1 Å². The third-order valence-electron chi connectivity index (χ3n) is 6.67. The number of pyridine rings is 1. The fraction of sp³-hybridized carbons (Fsp3) is 0.588. The highest BCUT2D eigenvalue weighted by Crippen LogP contribution is 2.72. The van der Waals surface area contributed by atoms with E-state index in [1.54, 1.807) is 0 Å². The number of oxazole rings is 1. The van der Waals surface area contributed by atoms with Crippen molar-refractivity contribution in [3.8, 4) is 0 Å². The molecule has 4 atom stereocenters. The number of aryl methyl sites for hydroxylation is 1. The third kappa shape index (κ3) is 1.57. The zero-order chi connectivity index (χ0) is 16.9. The van der Waals surface area contributed by atoms with Gasteiger partial charge in [-0.2, -0.15) is 9.63 Å². The number of amidine groups is 1. The predicted octanol–water partition coefficient (Wildman–Crippen LogP) is 1.62. The minimum Gasteiger partial charge on any atom is -0.450 e. The quantitative estimate of drug-likeness (QED) is 0.835. The van der Waals surface area contributed by atoms with Crippen molar-refractivity contribution in [2.24, 2.45) is 10.9 Å². The fourth-order valence-corrected chi connectivity index (χ4v) is 5.31. The summed E-state index contributed by atoms with van der Waals surface area (Å²) in [6.45, 7) is 4.55. The average molecular weight is 342 g/mol. The molecule has 1 aliphatic carbocycles. The number of nitrogens with one attached hydrogen (secondary N) is 1. The zero-order valence-corrected chi connectivity index (χ0v) is 14.3. The maximum atomic E-state index is 6.31. The van der Waals surface area contributed by atoms with E-state index in [0.717, 1.165) is 28.9 Å². The van der Waals surface area contributed by atoms with E-state index in [1.165, 1.54) is 12.8 Å². The Morgan fingerprint density at radius 2 is 2.28 bits per heavy atom. The lowest BCUT2D eigenvalue weighted by molar-refractivity contribution is -1.15. The Morgan fingerprint density at radius 3 is 3.04 bits per heavy atom. The minimum atomic E-state index is -0.240. The lowest BCUT2D eigenvalue weighted by Gasteiger charge is -2.47. The lowest BCUT2D eigenvalue weighted by atomic mass is 9.97. The molecule has 6 rings (SSSR count). The maximum Gasteiger partial charge on any atom is 0.305 e. The van der Waals surface area contributed by atoms with E-state index in [4.69, 9.17) is 14.0 Å². The van der Waals surface area contributed by atoms with Gasteiger partial charge in [-0.05, 0) is 19.1 Å². The van der Waals surface area contributed by atoms with Crippen LogP contribution in [0.2, 0.25) is 0 Å². The first-order chi connectivity index (χ1) is 12.1. The monoisotopic (exact) mass is 342 g/mol. The maximum absolute atomic E-state index is 6.31. The number of piperidine rings is 1. The van der Waals surface area contributed by atoms with Crippen molar-refractivity contribution in [1.82, 2.24) is 9.97 Å². The van der Waals surface area contributed by atoms with Gasteiger partial charge in [0.2, 0.25) is 5.71 Å². The molecule has 2 saturated heterocycles. The topological polar surface area (TPSA) is 81.8 Å². The molecule has 130 valence electrons. The van der Waals surface area contributed by atoms with Gasteiger partial charge in [0.1, 0.15) is 17.6 Å². The molecule has 0 radical (unpaired) electrons. The molecule has 3 fully saturated rings. The molecule has 2 aromatic heterocycles. The molecular formula is C17H20N5O3+. The predicted molar refractivity (Wildman–Crippen MR) is 88.7 cm³/mol. The Balaban J connectivity index is 1.24. The molecule has 2 spiro atoms. The average Bonchev–Trinajstić information content (AvgIpc) is 3.07. The largest absolute Gasteiger partial charge is 0.450 e. The van der Waals surface area contributed by atoms with E-state index >= 15 is 0 Å². The molecule has 25 heavy (non-hydrogen) atoms. The third-order valence-corrected chi connectivity index (χ3v) is 6.67. The molecule has 0 aromatic carbocycles. The van der Waals surface area contributed by atoms with Crippen molar-refractivity contribution >= 4 is 23.3 Å². The number of rotatable bonds is 2. The first-order valence-electron chi connectivity index (χ1n) is 8.76. The van der Waals surface area contributed by atoms with Crippen molar-refractivity contribution in [2.75, 3.05) is 32.1 Å². The summed E-state index contributed by atoms with van der Waals surface area (Å²) >= 11 is 0. The van der Waals surface area contributed by atoms with Crippen molar-refractivity contribution in [2.45, 2.75) is 30.9 Å². The van der Waals surface area contributed by atoms with Crippen LogP contribution in [0.25, 0.3) is 11.2 Å². The highest BCUT2D eigenvalue weighted by atomic mass is 16.7. The number of quaternary nitrogens is 1. The van der Waals surface area contributed by atoms with Gasteiger partial charge in [-0.1, -0.05) is 0 Å². The Kier molecular flexibility index (Phi) is 2.32. The summed E-state index contributed by atoms with van der Waals surface area (Å²) in [6.07, 6.45) is 2.41. The molecule has 0 bridgehead atoms. The molecule has 2 aromatic rings. The summed E-state index contributed by atoms with van der Waals surface area (Å²) in [6, 6.07) is 4.66. The number of aliphatic imine (C=N–C) groups is 1. The summed E-state index contributed by atoms with van der Waals surface area (Å²) in [7, 11) is 1.82. The number of hydrogen-bond acceptors (Lipinski definition) is 7. The number of nitrogens with zero attached hydrogens (tertiary/aromatic N) is 4. The second kappa shape index (κ2) is 4.13. The number of hydroxylamine groups is 3. The van der Waals surface area contributed by atoms with E-state index in [2.05, 4.69) is 20.3 Å². The van der Waals surface area contributed by atoms with Gasteiger partial charge in [-0.15, -0.1) is 0 Å². The Bertz CT molecular complexity index is 938. The van der Waals surface area contributed by atoms with Gasteiger partial charge in [-0.3, -0.25) is 5.32 Å². The number of ether oxygens (including phenoxy) is 1. The van der Waals surface area contributed by atoms with Crippen LogP contribution >= 0.6 is 0 Å². The minimum absolute atomic E-state index is 0.240. The standard InChI is InChI=1S/C17H20N5O3/c1-10-3-4-11-13(19-10)24-15(20-11)21-14-18-8-17(25-14)9-22(23-2)6-5-16(22)7-12(16)17/h3-4,12H,5-9H2,1-2H3,(H,18,20,21)/q+1. The van der Waals surface area contributed by atoms with Gasteiger partial charge in [-0.25, -0.2) is 14.8 Å². The van der Waals surface area contributed by atoms with E-state index in [-0.39, 0.29) is 5.60 Å². The van der Waals surface area contributed by atoms with Crippen molar-refractivity contribution < 1.29 is 18.6 Å². The van der Waals surface area contributed by atoms with Crippen molar-refractivity contribution in [3.63, 3.8) is 0 Å². The first-order valence-corrected chi connectivity index (χ1v) is 8.76. The van der Waals surface area contributed by atoms with Gasteiger partial charge in [0.05, 0.1) is 26.0 Å². The van der Waals surface area contributed by atoms with Crippen LogP contribution < -0.4 is 5.32 Å².